The molecule has 4 heteroatoms. The van der Waals surface area contributed by atoms with E-state index in [1.54, 1.807) is 12.1 Å². The normalized spacial score (nSPS) is 11.3. The third-order valence-corrected chi connectivity index (χ3v) is 2.35. The number of benzene rings is 1. The van der Waals surface area contributed by atoms with Crippen LogP contribution in [0.5, 0.6) is 0 Å². The van der Waals surface area contributed by atoms with Crippen molar-refractivity contribution < 1.29 is 9.90 Å². The lowest BCUT2D eigenvalue weighted by Crippen LogP contribution is -2.43. The fourth-order valence-corrected chi connectivity index (χ4v) is 1.70. The second-order valence-electron chi connectivity index (χ2n) is 3.97. The summed E-state index contributed by atoms with van der Waals surface area (Å²) in [7, 11) is 0. The van der Waals surface area contributed by atoms with E-state index >= 15 is 0 Å². The summed E-state index contributed by atoms with van der Waals surface area (Å²) >= 11 is 3.33. The largest absolute Gasteiger partial charge is 0.372 e. The third-order valence-electron chi connectivity index (χ3n) is 1.85. The standard InChI is InChI=1S/C11H14BrNO2/c1-7-6-8(12)4-5-9(7)10(14)13-11(2,3)15/h4-6,15H,1-3H3,(H,13,14). The number of nitrogens with one attached hydrogen (secondary N) is 1. The van der Waals surface area contributed by atoms with Gasteiger partial charge in [0.1, 0.15) is 5.72 Å². The number of hydrogen-bond acceptors (Lipinski definition) is 2. The maximum atomic E-state index is 11.7. The zero-order valence-corrected chi connectivity index (χ0v) is 10.6. The first-order chi connectivity index (χ1) is 6.79. The lowest BCUT2D eigenvalue weighted by Gasteiger charge is -2.19. The molecule has 15 heavy (non-hydrogen) atoms. The van der Waals surface area contributed by atoms with E-state index < -0.39 is 5.72 Å². The summed E-state index contributed by atoms with van der Waals surface area (Å²) in [4.78, 5) is 11.7. The molecule has 0 spiro atoms. The van der Waals surface area contributed by atoms with Gasteiger partial charge < -0.3 is 10.4 Å². The summed E-state index contributed by atoms with van der Waals surface area (Å²) in [5.41, 5.74) is 0.239. The second-order valence-corrected chi connectivity index (χ2v) is 4.89. The fourth-order valence-electron chi connectivity index (χ4n) is 1.23. The average Bonchev–Trinajstić information content (AvgIpc) is 1.99. The van der Waals surface area contributed by atoms with Crippen LogP contribution >= 0.6 is 15.9 Å². The average molecular weight is 272 g/mol. The van der Waals surface area contributed by atoms with Crippen LogP contribution in [0.3, 0.4) is 0 Å². The smallest absolute Gasteiger partial charge is 0.253 e. The summed E-state index contributed by atoms with van der Waals surface area (Å²) in [6, 6.07) is 5.38. The van der Waals surface area contributed by atoms with Crippen LogP contribution in [0.15, 0.2) is 22.7 Å². The van der Waals surface area contributed by atoms with Gasteiger partial charge in [-0.2, -0.15) is 0 Å². The number of aryl methyl sites for hydroxylation is 1. The SMILES string of the molecule is Cc1cc(Br)ccc1C(=O)NC(C)(C)O. The van der Waals surface area contributed by atoms with Crippen LogP contribution in [-0.4, -0.2) is 16.7 Å². The molecule has 0 aliphatic heterocycles. The minimum atomic E-state index is -1.20. The van der Waals surface area contributed by atoms with Crippen molar-refractivity contribution in [1.29, 1.82) is 0 Å². The Hall–Kier alpha value is -0.870. The van der Waals surface area contributed by atoms with Gasteiger partial charge in [-0.25, -0.2) is 0 Å². The van der Waals surface area contributed by atoms with Gasteiger partial charge in [0, 0.05) is 10.0 Å². The van der Waals surface area contributed by atoms with Crippen molar-refractivity contribution in [2.45, 2.75) is 26.5 Å². The van der Waals surface area contributed by atoms with Gasteiger partial charge in [-0.3, -0.25) is 4.79 Å². The van der Waals surface area contributed by atoms with Gasteiger partial charge in [-0.05, 0) is 44.5 Å². The van der Waals surface area contributed by atoms with E-state index in [-0.39, 0.29) is 5.91 Å². The maximum Gasteiger partial charge on any atom is 0.253 e. The van der Waals surface area contributed by atoms with Gasteiger partial charge in [0.05, 0.1) is 0 Å². The highest BCUT2D eigenvalue weighted by molar-refractivity contribution is 9.10. The first kappa shape index (κ1) is 12.2. The van der Waals surface area contributed by atoms with Gasteiger partial charge in [0.15, 0.2) is 0 Å². The lowest BCUT2D eigenvalue weighted by molar-refractivity contribution is 0.0375. The molecule has 1 amide bonds. The molecular formula is C11H14BrNO2. The van der Waals surface area contributed by atoms with E-state index in [0.29, 0.717) is 5.56 Å². The molecule has 1 aromatic carbocycles. The first-order valence-electron chi connectivity index (χ1n) is 4.60. The van der Waals surface area contributed by atoms with Crippen molar-refractivity contribution in [2.24, 2.45) is 0 Å². The molecular weight excluding hydrogens is 258 g/mol. The number of halogens is 1. The van der Waals surface area contributed by atoms with E-state index in [2.05, 4.69) is 21.2 Å². The van der Waals surface area contributed by atoms with Crippen LogP contribution in [0.4, 0.5) is 0 Å². The molecule has 0 heterocycles. The molecule has 0 atom stereocenters. The van der Waals surface area contributed by atoms with Gasteiger partial charge in [-0.15, -0.1) is 0 Å². The fraction of sp³-hybridized carbons (Fsp3) is 0.364. The summed E-state index contributed by atoms with van der Waals surface area (Å²) in [6.07, 6.45) is 0. The van der Waals surface area contributed by atoms with Crippen molar-refractivity contribution in [3.05, 3.63) is 33.8 Å². The number of amides is 1. The van der Waals surface area contributed by atoms with Crippen molar-refractivity contribution in [2.75, 3.05) is 0 Å². The van der Waals surface area contributed by atoms with Crippen LogP contribution in [0, 0.1) is 6.92 Å². The minimum Gasteiger partial charge on any atom is -0.372 e. The van der Waals surface area contributed by atoms with Gasteiger partial charge >= 0.3 is 0 Å². The van der Waals surface area contributed by atoms with Crippen molar-refractivity contribution in [3.8, 4) is 0 Å². The number of hydrogen-bond donors (Lipinski definition) is 2. The van der Waals surface area contributed by atoms with E-state index in [9.17, 15) is 9.90 Å². The molecule has 1 aromatic rings. The van der Waals surface area contributed by atoms with Crippen LogP contribution in [-0.2, 0) is 0 Å². The quantitative estimate of drug-likeness (QED) is 0.811. The molecule has 0 aliphatic carbocycles. The Morgan fingerprint density at radius 3 is 2.53 bits per heavy atom. The molecule has 0 aliphatic rings. The number of rotatable bonds is 2. The highest BCUT2D eigenvalue weighted by Gasteiger charge is 2.18. The summed E-state index contributed by atoms with van der Waals surface area (Å²) in [5, 5.41) is 12.0. The minimum absolute atomic E-state index is 0.271. The summed E-state index contributed by atoms with van der Waals surface area (Å²) in [6.45, 7) is 4.90. The Labute approximate surface area is 97.6 Å². The predicted molar refractivity (Wildman–Crippen MR) is 62.6 cm³/mol. The van der Waals surface area contributed by atoms with Crippen molar-refractivity contribution in [1.82, 2.24) is 5.32 Å². The van der Waals surface area contributed by atoms with Crippen molar-refractivity contribution in [3.63, 3.8) is 0 Å². The Morgan fingerprint density at radius 1 is 1.47 bits per heavy atom. The van der Waals surface area contributed by atoms with Gasteiger partial charge in [0.25, 0.3) is 5.91 Å². The van der Waals surface area contributed by atoms with Gasteiger partial charge in [-0.1, -0.05) is 15.9 Å². The van der Waals surface area contributed by atoms with E-state index in [1.807, 2.05) is 13.0 Å². The molecule has 0 saturated carbocycles. The number of carbonyl (C=O) groups is 1. The summed E-state index contributed by atoms with van der Waals surface area (Å²) in [5.74, 6) is -0.271. The Kier molecular flexibility index (Phi) is 3.52. The zero-order valence-electron chi connectivity index (χ0n) is 8.97. The van der Waals surface area contributed by atoms with Crippen LogP contribution in [0.25, 0.3) is 0 Å². The molecule has 0 fully saturated rings. The topological polar surface area (TPSA) is 49.3 Å². The molecule has 1 rings (SSSR count). The van der Waals surface area contributed by atoms with E-state index in [1.165, 1.54) is 13.8 Å². The molecule has 82 valence electrons. The highest BCUT2D eigenvalue weighted by Crippen LogP contribution is 2.16. The van der Waals surface area contributed by atoms with E-state index in [4.69, 9.17) is 0 Å². The highest BCUT2D eigenvalue weighted by atomic mass is 79.9. The molecule has 0 bridgehead atoms. The third kappa shape index (κ3) is 3.64. The van der Waals surface area contributed by atoms with E-state index in [0.717, 1.165) is 10.0 Å². The second kappa shape index (κ2) is 4.33. The number of aliphatic hydroxyl groups is 1. The first-order valence-corrected chi connectivity index (χ1v) is 5.40. The van der Waals surface area contributed by atoms with Crippen LogP contribution in [0.1, 0.15) is 29.8 Å². The Bertz CT molecular complexity index is 383. The Balaban J connectivity index is 2.92. The molecule has 0 unspecified atom stereocenters. The molecule has 3 nitrogen and oxygen atoms in total. The van der Waals surface area contributed by atoms with Crippen LogP contribution in [0.2, 0.25) is 0 Å². The maximum absolute atomic E-state index is 11.7. The zero-order chi connectivity index (χ0) is 11.6. The molecule has 0 saturated heterocycles. The summed E-state index contributed by atoms with van der Waals surface area (Å²) < 4.78 is 0.930. The monoisotopic (exact) mass is 271 g/mol. The predicted octanol–water partition coefficient (Wildman–Crippen LogP) is 2.22. The molecule has 2 N–H and O–H groups in total. The van der Waals surface area contributed by atoms with Gasteiger partial charge in [0.2, 0.25) is 0 Å². The molecule has 0 aromatic heterocycles. The van der Waals surface area contributed by atoms with Crippen LogP contribution < -0.4 is 5.32 Å². The number of carbonyl (C=O) groups excluding carboxylic acids is 1. The lowest BCUT2D eigenvalue weighted by atomic mass is 10.1. The molecule has 0 radical (unpaired) electrons. The Morgan fingerprint density at radius 2 is 2.07 bits per heavy atom. The van der Waals surface area contributed by atoms with Crippen molar-refractivity contribution >= 4 is 21.8 Å².